The molecule has 0 aromatic heterocycles. The molecule has 0 amide bonds. The lowest BCUT2D eigenvalue weighted by atomic mass is 10.1. The zero-order valence-electron chi connectivity index (χ0n) is 11.9. The minimum Gasteiger partial charge on any atom is -0.364 e. The maximum Gasteiger partial charge on any atom is 0.195 e. The van der Waals surface area contributed by atoms with Gasteiger partial charge < -0.3 is 9.84 Å². The summed E-state index contributed by atoms with van der Waals surface area (Å²) in [5, 5.41) is 10.7. The van der Waals surface area contributed by atoms with Crippen LogP contribution in [0.15, 0.2) is 65.6 Å². The second-order valence-corrected chi connectivity index (χ2v) is 7.56. The summed E-state index contributed by atoms with van der Waals surface area (Å²) in [6, 6.07) is 18.6. The Bertz CT molecular complexity index is 649. The molecule has 1 fully saturated rings. The monoisotopic (exact) mass is 336 g/mol. The first-order valence-electron chi connectivity index (χ1n) is 7.15. The topological polar surface area (TPSA) is 46.5 Å². The Balaban J connectivity index is 1.76. The van der Waals surface area contributed by atoms with E-state index in [4.69, 9.17) is 16.3 Å². The molecule has 1 aliphatic heterocycles. The zero-order valence-corrected chi connectivity index (χ0v) is 13.5. The third-order valence-electron chi connectivity index (χ3n) is 3.80. The fourth-order valence-electron chi connectivity index (χ4n) is 2.61. The van der Waals surface area contributed by atoms with Crippen LogP contribution in [0.4, 0.5) is 0 Å². The third kappa shape index (κ3) is 3.10. The molecule has 0 aliphatic carbocycles. The van der Waals surface area contributed by atoms with E-state index < -0.39 is 21.3 Å². The van der Waals surface area contributed by atoms with E-state index in [-0.39, 0.29) is 6.10 Å². The molecule has 2 aromatic rings. The Labute approximate surface area is 137 Å². The molecule has 4 atom stereocenters. The normalized spacial score (nSPS) is 27.5. The Morgan fingerprint density at radius 1 is 1.14 bits per heavy atom. The van der Waals surface area contributed by atoms with Crippen LogP contribution in [0.2, 0.25) is 0 Å². The second-order valence-electron chi connectivity index (χ2n) is 5.33. The maximum atomic E-state index is 12.5. The Morgan fingerprint density at radius 3 is 2.36 bits per heavy atom. The fraction of sp³-hybridized carbons (Fsp3) is 0.294. The molecular weight excluding hydrogens is 320 g/mol. The van der Waals surface area contributed by atoms with Crippen molar-refractivity contribution in [3.05, 3.63) is 66.2 Å². The third-order valence-corrected chi connectivity index (χ3v) is 6.11. The molecule has 1 N–H and O–H groups in total. The molecule has 0 radical (unpaired) electrons. The average Bonchev–Trinajstić information content (AvgIpc) is 2.99. The van der Waals surface area contributed by atoms with Crippen LogP contribution in [-0.2, 0) is 15.5 Å². The van der Waals surface area contributed by atoms with E-state index >= 15 is 0 Å². The predicted molar refractivity (Wildman–Crippen MR) is 86.9 cm³/mol. The van der Waals surface area contributed by atoms with Crippen LogP contribution in [0.1, 0.15) is 24.5 Å². The highest BCUT2D eigenvalue weighted by Crippen LogP contribution is 2.42. The van der Waals surface area contributed by atoms with Gasteiger partial charge in [-0.25, -0.2) is 0 Å². The van der Waals surface area contributed by atoms with Gasteiger partial charge in [0.05, 0.1) is 16.9 Å². The first-order valence-corrected chi connectivity index (χ1v) is 8.80. The van der Waals surface area contributed by atoms with Crippen LogP contribution in [0.25, 0.3) is 0 Å². The Kier molecular flexibility index (Phi) is 4.64. The van der Waals surface area contributed by atoms with Crippen LogP contribution in [0.5, 0.6) is 0 Å². The number of halogens is 1. The number of ether oxygens (including phenoxy) is 1. The number of hydrogen-bond donors (Lipinski definition) is 1. The van der Waals surface area contributed by atoms with Crippen molar-refractivity contribution >= 4 is 22.4 Å². The standard InChI is InChI=1S/C17H17ClO3S/c18-16(22(20)14-9-5-2-6-10-14)17(19)12-11-15(21-17)13-7-3-1-4-8-13/h1-10,15-16,19H,11-12H2. The molecule has 0 saturated carbocycles. The second kappa shape index (κ2) is 6.50. The largest absolute Gasteiger partial charge is 0.364 e. The minimum atomic E-state index is -1.58. The van der Waals surface area contributed by atoms with E-state index in [2.05, 4.69) is 0 Å². The van der Waals surface area contributed by atoms with Gasteiger partial charge in [0.25, 0.3) is 0 Å². The van der Waals surface area contributed by atoms with E-state index in [1.54, 1.807) is 24.3 Å². The lowest BCUT2D eigenvalue weighted by Crippen LogP contribution is -2.40. The molecule has 22 heavy (non-hydrogen) atoms. The highest BCUT2D eigenvalue weighted by molar-refractivity contribution is 7.87. The molecular formula is C17H17ClO3S. The van der Waals surface area contributed by atoms with E-state index in [0.717, 1.165) is 5.56 Å². The van der Waals surface area contributed by atoms with Crippen LogP contribution < -0.4 is 0 Å². The summed E-state index contributed by atoms with van der Waals surface area (Å²) in [7, 11) is -1.54. The highest BCUT2D eigenvalue weighted by atomic mass is 35.5. The molecule has 116 valence electrons. The molecule has 2 aromatic carbocycles. The highest BCUT2D eigenvalue weighted by Gasteiger charge is 2.47. The molecule has 3 rings (SSSR count). The van der Waals surface area contributed by atoms with Gasteiger partial charge in [0.2, 0.25) is 0 Å². The van der Waals surface area contributed by atoms with Gasteiger partial charge in [-0.1, -0.05) is 48.5 Å². The molecule has 5 heteroatoms. The molecule has 1 saturated heterocycles. The Morgan fingerprint density at radius 2 is 1.73 bits per heavy atom. The first-order chi connectivity index (χ1) is 10.6. The summed E-state index contributed by atoms with van der Waals surface area (Å²) in [5.41, 5.74) is 0.993. The molecule has 1 aliphatic rings. The van der Waals surface area contributed by atoms with E-state index in [1.165, 1.54) is 0 Å². The fourth-order valence-corrected chi connectivity index (χ4v) is 4.25. The first kappa shape index (κ1) is 15.7. The molecule has 0 bridgehead atoms. The molecule has 4 unspecified atom stereocenters. The van der Waals surface area contributed by atoms with Gasteiger partial charge in [0.1, 0.15) is 0 Å². The lowest BCUT2D eigenvalue weighted by Gasteiger charge is -2.27. The maximum absolute atomic E-state index is 12.5. The van der Waals surface area contributed by atoms with Crippen molar-refractivity contribution in [1.29, 1.82) is 0 Å². The summed E-state index contributed by atoms with van der Waals surface area (Å²) in [6.07, 6.45) is 0.787. The minimum absolute atomic E-state index is 0.222. The molecule has 3 nitrogen and oxygen atoms in total. The summed E-state index contributed by atoms with van der Waals surface area (Å²) in [4.78, 5) is 0.586. The van der Waals surface area contributed by atoms with Crippen LogP contribution in [0, 0.1) is 0 Å². The van der Waals surface area contributed by atoms with Gasteiger partial charge in [-0.05, 0) is 24.1 Å². The quantitative estimate of drug-likeness (QED) is 0.868. The summed E-state index contributed by atoms with van der Waals surface area (Å²) in [6.45, 7) is 0. The number of rotatable bonds is 4. The SMILES string of the molecule is O=S(c1ccccc1)C(Cl)C1(O)CCC(c2ccccc2)O1. The van der Waals surface area contributed by atoms with Crippen molar-refractivity contribution in [2.75, 3.05) is 0 Å². The van der Waals surface area contributed by atoms with E-state index in [0.29, 0.717) is 17.7 Å². The lowest BCUT2D eigenvalue weighted by molar-refractivity contribution is -0.182. The predicted octanol–water partition coefficient (Wildman–Crippen LogP) is 3.60. The number of hydrogen-bond acceptors (Lipinski definition) is 3. The number of aliphatic hydroxyl groups is 1. The average molecular weight is 337 g/mol. The molecule has 0 spiro atoms. The van der Waals surface area contributed by atoms with Gasteiger partial charge in [-0.3, -0.25) is 4.21 Å². The van der Waals surface area contributed by atoms with Crippen LogP contribution >= 0.6 is 11.6 Å². The van der Waals surface area contributed by atoms with Crippen molar-refractivity contribution in [3.8, 4) is 0 Å². The smallest absolute Gasteiger partial charge is 0.195 e. The Hall–Kier alpha value is -1.20. The van der Waals surface area contributed by atoms with Crippen molar-refractivity contribution in [2.45, 2.75) is 34.3 Å². The summed E-state index contributed by atoms with van der Waals surface area (Å²) < 4.78 is 17.3. The summed E-state index contributed by atoms with van der Waals surface area (Å²) in [5.74, 6) is -1.58. The number of alkyl halides is 1. The van der Waals surface area contributed by atoms with Crippen LogP contribution in [-0.4, -0.2) is 19.8 Å². The van der Waals surface area contributed by atoms with Gasteiger partial charge in [0.15, 0.2) is 10.5 Å². The van der Waals surface area contributed by atoms with Crippen molar-refractivity contribution in [1.82, 2.24) is 0 Å². The van der Waals surface area contributed by atoms with Gasteiger partial charge in [0, 0.05) is 11.3 Å². The van der Waals surface area contributed by atoms with Gasteiger partial charge in [-0.2, -0.15) is 0 Å². The van der Waals surface area contributed by atoms with E-state index in [9.17, 15) is 9.32 Å². The van der Waals surface area contributed by atoms with Gasteiger partial charge in [-0.15, -0.1) is 11.6 Å². The zero-order chi connectivity index (χ0) is 15.6. The van der Waals surface area contributed by atoms with Crippen LogP contribution in [0.3, 0.4) is 0 Å². The molecule has 1 heterocycles. The van der Waals surface area contributed by atoms with Crippen molar-refractivity contribution < 1.29 is 14.1 Å². The summed E-state index contributed by atoms with van der Waals surface area (Å²) >= 11 is 6.29. The van der Waals surface area contributed by atoms with Crippen molar-refractivity contribution in [2.24, 2.45) is 0 Å². The van der Waals surface area contributed by atoms with Crippen molar-refractivity contribution in [3.63, 3.8) is 0 Å². The van der Waals surface area contributed by atoms with E-state index in [1.807, 2.05) is 36.4 Å². The number of benzene rings is 2. The van der Waals surface area contributed by atoms with Gasteiger partial charge >= 0.3 is 0 Å².